The molecule has 1 amide bonds. The molecule has 0 unspecified atom stereocenters. The third-order valence-electron chi connectivity index (χ3n) is 8.80. The van der Waals surface area contributed by atoms with Crippen LogP contribution in [0.4, 0.5) is 5.69 Å². The highest BCUT2D eigenvalue weighted by molar-refractivity contribution is 5.99. The summed E-state index contributed by atoms with van der Waals surface area (Å²) in [5.41, 5.74) is -0.239. The van der Waals surface area contributed by atoms with Crippen molar-refractivity contribution in [2.45, 2.75) is 50.0 Å². The summed E-state index contributed by atoms with van der Waals surface area (Å²) in [6.07, 6.45) is 1.61. The average molecular weight is 400 g/mol. The molecule has 1 aromatic rings. The van der Waals surface area contributed by atoms with E-state index >= 15 is 0 Å². The van der Waals surface area contributed by atoms with Crippen molar-refractivity contribution in [1.29, 1.82) is 0 Å². The van der Waals surface area contributed by atoms with Crippen LogP contribution >= 0.6 is 0 Å². The SMILES string of the molecule is COc1ccc2c(c1O)N(C(C)=O)[C@H]1[C@@H]3CO[C@H](C)[C@@H]4CN5CC[C@]21[C@]5(O)C[C@H]34. The second-order valence-electron chi connectivity index (χ2n) is 9.56. The first-order valence-electron chi connectivity index (χ1n) is 10.6. The molecule has 1 aliphatic carbocycles. The maximum atomic E-state index is 13.0. The summed E-state index contributed by atoms with van der Waals surface area (Å²) in [6.45, 7) is 5.87. The second-order valence-corrected chi connectivity index (χ2v) is 9.56. The van der Waals surface area contributed by atoms with E-state index in [4.69, 9.17) is 9.47 Å². The largest absolute Gasteiger partial charge is 0.503 e. The van der Waals surface area contributed by atoms with Crippen LogP contribution in [-0.2, 0) is 14.9 Å². The summed E-state index contributed by atoms with van der Waals surface area (Å²) in [6, 6.07) is 3.48. The number of piperidine rings is 1. The molecule has 4 heterocycles. The summed E-state index contributed by atoms with van der Waals surface area (Å²) in [4.78, 5) is 16.9. The lowest BCUT2D eigenvalue weighted by Crippen LogP contribution is -2.75. The Bertz CT molecular complexity index is 921. The van der Waals surface area contributed by atoms with Gasteiger partial charge in [0.25, 0.3) is 0 Å². The van der Waals surface area contributed by atoms with E-state index < -0.39 is 11.1 Å². The van der Waals surface area contributed by atoms with Gasteiger partial charge in [0, 0.05) is 31.8 Å². The van der Waals surface area contributed by atoms with E-state index in [1.54, 1.807) is 17.9 Å². The molecule has 2 N–H and O–H groups in total. The van der Waals surface area contributed by atoms with E-state index in [0.29, 0.717) is 36.3 Å². The Morgan fingerprint density at radius 1 is 1.31 bits per heavy atom. The number of methoxy groups -OCH3 is 1. The number of aliphatic hydroxyl groups is 1. The van der Waals surface area contributed by atoms with Gasteiger partial charge in [-0.1, -0.05) is 6.07 Å². The lowest BCUT2D eigenvalue weighted by atomic mass is 9.51. The predicted molar refractivity (Wildman–Crippen MR) is 105 cm³/mol. The number of carbonyl (C=O) groups excluding carboxylic acids is 1. The lowest BCUT2D eigenvalue weighted by Gasteiger charge is -2.64. The van der Waals surface area contributed by atoms with Gasteiger partial charge in [0.05, 0.1) is 37.0 Å². The van der Waals surface area contributed by atoms with E-state index in [-0.39, 0.29) is 29.7 Å². The number of rotatable bonds is 1. The summed E-state index contributed by atoms with van der Waals surface area (Å²) in [5, 5.41) is 23.2. The Morgan fingerprint density at radius 3 is 2.83 bits per heavy atom. The molecule has 6 rings (SSSR count). The van der Waals surface area contributed by atoms with Crippen LogP contribution in [0, 0.1) is 17.8 Å². The van der Waals surface area contributed by atoms with Gasteiger partial charge in [0.1, 0.15) is 5.72 Å². The fourth-order valence-electron chi connectivity index (χ4n) is 7.70. The number of hydrogen-bond donors (Lipinski definition) is 2. The summed E-state index contributed by atoms with van der Waals surface area (Å²) < 4.78 is 11.6. The third kappa shape index (κ3) is 1.80. The van der Waals surface area contributed by atoms with Crippen molar-refractivity contribution in [3.8, 4) is 11.5 Å². The van der Waals surface area contributed by atoms with Crippen molar-refractivity contribution >= 4 is 11.6 Å². The van der Waals surface area contributed by atoms with Crippen molar-refractivity contribution in [2.75, 3.05) is 31.7 Å². The zero-order valence-electron chi connectivity index (χ0n) is 17.1. The van der Waals surface area contributed by atoms with Gasteiger partial charge in [-0.2, -0.15) is 0 Å². The minimum Gasteiger partial charge on any atom is -0.503 e. The summed E-state index contributed by atoms with van der Waals surface area (Å²) >= 11 is 0. The van der Waals surface area contributed by atoms with Gasteiger partial charge < -0.3 is 24.6 Å². The van der Waals surface area contributed by atoms with Crippen LogP contribution in [-0.4, -0.2) is 65.7 Å². The Balaban J connectivity index is 1.65. The van der Waals surface area contributed by atoms with Gasteiger partial charge >= 0.3 is 0 Å². The molecule has 2 bridgehead atoms. The first kappa shape index (κ1) is 18.0. The molecule has 3 saturated heterocycles. The first-order valence-corrected chi connectivity index (χ1v) is 10.6. The van der Waals surface area contributed by atoms with E-state index in [2.05, 4.69) is 11.8 Å². The van der Waals surface area contributed by atoms with Gasteiger partial charge in [-0.3, -0.25) is 9.69 Å². The molecule has 7 nitrogen and oxygen atoms in total. The normalized spacial score (nSPS) is 44.4. The molecule has 29 heavy (non-hydrogen) atoms. The van der Waals surface area contributed by atoms with Crippen LogP contribution < -0.4 is 9.64 Å². The van der Waals surface area contributed by atoms with Gasteiger partial charge in [-0.05, 0) is 37.3 Å². The number of ether oxygens (including phenoxy) is 2. The standard InChI is InChI=1S/C22H28N2O5/c1-11-14-9-23-7-6-21-16-4-5-17(28-3)19(26)18(16)24(12(2)25)20(21)15(10-29-11)13(14)8-22(21,23)27/h4-5,11,13-15,20,26-27H,6-10H2,1-3H3/t11-,13+,14+,15-,20+,21+,22-/m1/s1. The Morgan fingerprint density at radius 2 is 2.10 bits per heavy atom. The van der Waals surface area contributed by atoms with Crippen LogP contribution in [0.5, 0.6) is 11.5 Å². The molecule has 1 spiro atoms. The van der Waals surface area contributed by atoms with E-state index in [9.17, 15) is 15.0 Å². The predicted octanol–water partition coefficient (Wildman–Crippen LogP) is 1.45. The number of carbonyl (C=O) groups is 1. The molecule has 7 heteroatoms. The number of nitrogens with zero attached hydrogens (tertiary/aromatic N) is 2. The fourth-order valence-corrected chi connectivity index (χ4v) is 7.70. The number of phenolic OH excluding ortho intramolecular Hbond substituents is 1. The molecular weight excluding hydrogens is 372 g/mol. The smallest absolute Gasteiger partial charge is 0.224 e. The Labute approximate surface area is 170 Å². The number of benzene rings is 1. The number of anilines is 1. The van der Waals surface area contributed by atoms with Crippen LogP contribution in [0.15, 0.2) is 12.1 Å². The number of hydrogen-bond acceptors (Lipinski definition) is 6. The highest BCUT2D eigenvalue weighted by Crippen LogP contribution is 2.69. The fraction of sp³-hybridized carbons (Fsp3) is 0.682. The molecule has 7 atom stereocenters. The van der Waals surface area contributed by atoms with Gasteiger partial charge in [0.2, 0.25) is 5.91 Å². The van der Waals surface area contributed by atoms with Gasteiger partial charge in [-0.25, -0.2) is 0 Å². The molecular formula is C22H28N2O5. The van der Waals surface area contributed by atoms with Crippen LogP contribution in [0.25, 0.3) is 0 Å². The van der Waals surface area contributed by atoms with Gasteiger partial charge in [-0.15, -0.1) is 0 Å². The number of amides is 1. The van der Waals surface area contributed by atoms with Crippen LogP contribution in [0.3, 0.4) is 0 Å². The highest BCUT2D eigenvalue weighted by Gasteiger charge is 2.76. The zero-order valence-corrected chi connectivity index (χ0v) is 17.1. The monoisotopic (exact) mass is 400 g/mol. The van der Waals surface area contributed by atoms with Crippen molar-refractivity contribution in [2.24, 2.45) is 17.8 Å². The molecule has 1 saturated carbocycles. The number of phenols is 1. The quantitative estimate of drug-likeness (QED) is 0.743. The molecule has 4 aliphatic heterocycles. The topological polar surface area (TPSA) is 82.5 Å². The van der Waals surface area contributed by atoms with Crippen molar-refractivity contribution in [1.82, 2.24) is 4.90 Å². The maximum absolute atomic E-state index is 13.0. The lowest BCUT2D eigenvalue weighted by molar-refractivity contribution is -0.249. The van der Waals surface area contributed by atoms with E-state index in [1.165, 1.54) is 7.11 Å². The minimum absolute atomic E-state index is 0.0118. The van der Waals surface area contributed by atoms with E-state index in [0.717, 1.165) is 25.1 Å². The highest BCUT2D eigenvalue weighted by atomic mass is 16.5. The van der Waals surface area contributed by atoms with Crippen molar-refractivity contribution in [3.63, 3.8) is 0 Å². The summed E-state index contributed by atoms with van der Waals surface area (Å²) in [7, 11) is 1.51. The van der Waals surface area contributed by atoms with Crippen molar-refractivity contribution < 1.29 is 24.5 Å². The maximum Gasteiger partial charge on any atom is 0.224 e. The first-order chi connectivity index (χ1) is 13.8. The third-order valence-corrected chi connectivity index (χ3v) is 8.80. The van der Waals surface area contributed by atoms with Crippen molar-refractivity contribution in [3.05, 3.63) is 17.7 Å². The zero-order chi connectivity index (χ0) is 20.3. The van der Waals surface area contributed by atoms with Gasteiger partial charge in [0.15, 0.2) is 11.5 Å². The van der Waals surface area contributed by atoms with Crippen LogP contribution in [0.1, 0.15) is 32.3 Å². The number of aromatic hydroxyl groups is 1. The molecule has 1 aromatic carbocycles. The Kier molecular flexibility index (Phi) is 3.38. The van der Waals surface area contributed by atoms with E-state index in [1.807, 2.05) is 6.07 Å². The number of fused-ring (bicyclic) bond motifs is 2. The minimum atomic E-state index is -1.01. The van der Waals surface area contributed by atoms with Crippen LogP contribution in [0.2, 0.25) is 0 Å². The molecule has 0 radical (unpaired) electrons. The second kappa shape index (κ2) is 5.45. The average Bonchev–Trinajstić information content (AvgIpc) is 3.17. The molecule has 0 aromatic heterocycles. The molecule has 4 fully saturated rings. The molecule has 156 valence electrons. The Hall–Kier alpha value is -1.83. The molecule has 5 aliphatic rings. The summed E-state index contributed by atoms with van der Waals surface area (Å²) in [5.74, 6) is 1.01.